The van der Waals surface area contributed by atoms with Gasteiger partial charge in [0.2, 0.25) is 0 Å². The van der Waals surface area contributed by atoms with E-state index < -0.39 is 0 Å². The van der Waals surface area contributed by atoms with Gasteiger partial charge in [0.25, 0.3) is 5.91 Å². The number of aromatic nitrogens is 2. The smallest absolute Gasteiger partial charge is 0.272 e. The van der Waals surface area contributed by atoms with Crippen LogP contribution in [0, 0.1) is 0 Å². The van der Waals surface area contributed by atoms with Crippen LogP contribution in [0.1, 0.15) is 35.8 Å². The van der Waals surface area contributed by atoms with Gasteiger partial charge in [-0.1, -0.05) is 25.5 Å². The molecule has 1 N–H and O–H groups in total. The number of carbonyl (C=O) groups is 1. The van der Waals surface area contributed by atoms with Crippen LogP contribution in [-0.4, -0.2) is 48.0 Å². The Morgan fingerprint density at radius 2 is 2.12 bits per heavy atom. The molecule has 1 aromatic heterocycles. The highest BCUT2D eigenvalue weighted by molar-refractivity contribution is 5.92. The number of benzene rings is 1. The molecule has 25 heavy (non-hydrogen) atoms. The molecule has 0 atom stereocenters. The van der Waals surface area contributed by atoms with Crippen molar-refractivity contribution < 1.29 is 9.53 Å². The van der Waals surface area contributed by atoms with E-state index in [-0.39, 0.29) is 5.91 Å². The van der Waals surface area contributed by atoms with Crippen molar-refractivity contribution in [1.29, 1.82) is 0 Å². The van der Waals surface area contributed by atoms with Gasteiger partial charge in [-0.05, 0) is 30.5 Å². The first-order valence-electron chi connectivity index (χ1n) is 8.58. The number of nitrogens with one attached hydrogen (secondary N) is 1. The van der Waals surface area contributed by atoms with Crippen LogP contribution >= 0.6 is 0 Å². The molecule has 1 heterocycles. The number of carbonyl (C=O) groups excluding carboxylic acids is 1. The first kappa shape index (κ1) is 18.7. The summed E-state index contributed by atoms with van der Waals surface area (Å²) < 4.78 is 5.23. The van der Waals surface area contributed by atoms with E-state index in [4.69, 9.17) is 4.74 Å². The Morgan fingerprint density at radius 3 is 2.88 bits per heavy atom. The molecule has 1 amide bonds. The molecule has 0 saturated heterocycles. The Kier molecular flexibility index (Phi) is 7.19. The molecule has 0 unspecified atom stereocenters. The number of unbranched alkanes of at least 4 members (excludes halogenated alkanes) is 1. The molecular formula is C19H26N4O2. The molecule has 0 fully saturated rings. The van der Waals surface area contributed by atoms with Crippen molar-refractivity contribution in [3.05, 3.63) is 47.9 Å². The van der Waals surface area contributed by atoms with Crippen LogP contribution in [0.3, 0.4) is 0 Å². The largest absolute Gasteiger partial charge is 0.497 e. The monoisotopic (exact) mass is 342 g/mol. The Morgan fingerprint density at radius 1 is 1.28 bits per heavy atom. The third-order valence-corrected chi connectivity index (χ3v) is 3.93. The topological polar surface area (TPSA) is 67.4 Å². The second kappa shape index (κ2) is 9.61. The Bertz CT molecular complexity index is 691. The SMILES string of the molecule is CCCCN(C)C(=O)c1cc(NCCc2cccc(OC)c2)ncn1. The van der Waals surface area contributed by atoms with Crippen LogP contribution in [0.2, 0.25) is 0 Å². The minimum atomic E-state index is -0.0771. The lowest BCUT2D eigenvalue weighted by Crippen LogP contribution is -2.28. The minimum absolute atomic E-state index is 0.0771. The molecule has 134 valence electrons. The van der Waals surface area contributed by atoms with Gasteiger partial charge in [0.1, 0.15) is 23.6 Å². The number of amides is 1. The minimum Gasteiger partial charge on any atom is -0.497 e. The van der Waals surface area contributed by atoms with Crippen molar-refractivity contribution in [1.82, 2.24) is 14.9 Å². The quantitative estimate of drug-likeness (QED) is 0.759. The van der Waals surface area contributed by atoms with Gasteiger partial charge in [-0.15, -0.1) is 0 Å². The molecule has 2 aromatic rings. The van der Waals surface area contributed by atoms with Gasteiger partial charge in [-0.3, -0.25) is 4.79 Å². The summed E-state index contributed by atoms with van der Waals surface area (Å²) in [5, 5.41) is 3.25. The molecule has 0 saturated carbocycles. The number of ether oxygens (including phenoxy) is 1. The molecule has 6 nitrogen and oxygen atoms in total. The van der Waals surface area contributed by atoms with E-state index in [1.165, 1.54) is 11.9 Å². The van der Waals surface area contributed by atoms with Gasteiger partial charge in [-0.2, -0.15) is 0 Å². The summed E-state index contributed by atoms with van der Waals surface area (Å²) in [6.45, 7) is 3.55. The number of nitrogens with zero attached hydrogens (tertiary/aromatic N) is 3. The fourth-order valence-corrected chi connectivity index (χ4v) is 2.43. The summed E-state index contributed by atoms with van der Waals surface area (Å²) in [4.78, 5) is 22.4. The van der Waals surface area contributed by atoms with Gasteiger partial charge < -0.3 is 15.0 Å². The summed E-state index contributed by atoms with van der Waals surface area (Å²) in [6, 6.07) is 9.67. The summed E-state index contributed by atoms with van der Waals surface area (Å²) in [5.74, 6) is 1.43. The Balaban J connectivity index is 1.91. The van der Waals surface area contributed by atoms with E-state index in [0.29, 0.717) is 18.1 Å². The molecule has 0 bridgehead atoms. The molecule has 0 aliphatic rings. The van der Waals surface area contributed by atoms with Crippen molar-refractivity contribution in [3.8, 4) is 5.75 Å². The van der Waals surface area contributed by atoms with Crippen molar-refractivity contribution in [2.45, 2.75) is 26.2 Å². The van der Waals surface area contributed by atoms with Crippen LogP contribution in [0.15, 0.2) is 36.7 Å². The van der Waals surface area contributed by atoms with Crippen molar-refractivity contribution in [3.63, 3.8) is 0 Å². The summed E-state index contributed by atoms with van der Waals surface area (Å²) >= 11 is 0. The summed E-state index contributed by atoms with van der Waals surface area (Å²) in [6.07, 6.45) is 4.30. The highest BCUT2D eigenvalue weighted by atomic mass is 16.5. The normalized spacial score (nSPS) is 10.4. The zero-order chi connectivity index (χ0) is 18.1. The summed E-state index contributed by atoms with van der Waals surface area (Å²) in [7, 11) is 3.46. The molecule has 0 aliphatic heterocycles. The van der Waals surface area contributed by atoms with E-state index in [0.717, 1.165) is 31.6 Å². The average molecular weight is 342 g/mol. The van der Waals surface area contributed by atoms with E-state index in [9.17, 15) is 4.79 Å². The van der Waals surface area contributed by atoms with E-state index in [1.807, 2.05) is 18.2 Å². The van der Waals surface area contributed by atoms with Crippen molar-refractivity contribution in [2.75, 3.05) is 32.6 Å². The van der Waals surface area contributed by atoms with Gasteiger partial charge in [-0.25, -0.2) is 9.97 Å². The van der Waals surface area contributed by atoms with Gasteiger partial charge in [0.05, 0.1) is 7.11 Å². The predicted molar refractivity (Wildman–Crippen MR) is 99.1 cm³/mol. The maximum atomic E-state index is 12.4. The van der Waals surface area contributed by atoms with E-state index in [1.54, 1.807) is 25.1 Å². The second-order valence-corrected chi connectivity index (χ2v) is 5.90. The van der Waals surface area contributed by atoms with Crippen LogP contribution in [0.5, 0.6) is 5.75 Å². The molecule has 2 rings (SSSR count). The fourth-order valence-electron chi connectivity index (χ4n) is 2.43. The zero-order valence-corrected chi connectivity index (χ0v) is 15.2. The van der Waals surface area contributed by atoms with Gasteiger partial charge in [0, 0.05) is 26.2 Å². The third-order valence-electron chi connectivity index (χ3n) is 3.93. The highest BCUT2D eigenvalue weighted by Crippen LogP contribution is 2.13. The highest BCUT2D eigenvalue weighted by Gasteiger charge is 2.13. The first-order chi connectivity index (χ1) is 12.1. The molecule has 1 aromatic carbocycles. The molecule has 0 aliphatic carbocycles. The molecule has 0 radical (unpaired) electrons. The number of rotatable bonds is 9. The first-order valence-corrected chi connectivity index (χ1v) is 8.58. The van der Waals surface area contributed by atoms with Crippen LogP contribution in [0.25, 0.3) is 0 Å². The molecule has 6 heteroatoms. The van der Waals surface area contributed by atoms with Crippen molar-refractivity contribution >= 4 is 11.7 Å². The lowest BCUT2D eigenvalue weighted by molar-refractivity contribution is 0.0787. The number of hydrogen-bond acceptors (Lipinski definition) is 5. The number of anilines is 1. The fraction of sp³-hybridized carbons (Fsp3) is 0.421. The molecule has 0 spiro atoms. The number of methoxy groups -OCH3 is 1. The number of hydrogen-bond donors (Lipinski definition) is 1. The van der Waals surface area contributed by atoms with Gasteiger partial charge in [0.15, 0.2) is 0 Å². The van der Waals surface area contributed by atoms with E-state index in [2.05, 4.69) is 28.3 Å². The standard InChI is InChI=1S/C19H26N4O2/c1-4-5-11-23(2)19(24)17-13-18(22-14-21-17)20-10-9-15-7-6-8-16(12-15)25-3/h6-8,12-14H,4-5,9-11H2,1-3H3,(H,20,21,22). The summed E-state index contributed by atoms with van der Waals surface area (Å²) in [5.41, 5.74) is 1.59. The van der Waals surface area contributed by atoms with Crippen LogP contribution in [-0.2, 0) is 6.42 Å². The van der Waals surface area contributed by atoms with E-state index >= 15 is 0 Å². The maximum absolute atomic E-state index is 12.4. The second-order valence-electron chi connectivity index (χ2n) is 5.90. The maximum Gasteiger partial charge on any atom is 0.272 e. The predicted octanol–water partition coefficient (Wildman–Crippen LogP) is 3.01. The zero-order valence-electron chi connectivity index (χ0n) is 15.2. The Hall–Kier alpha value is -2.63. The van der Waals surface area contributed by atoms with Gasteiger partial charge >= 0.3 is 0 Å². The van der Waals surface area contributed by atoms with Crippen molar-refractivity contribution in [2.24, 2.45) is 0 Å². The van der Waals surface area contributed by atoms with Crippen LogP contribution < -0.4 is 10.1 Å². The molecular weight excluding hydrogens is 316 g/mol. The third kappa shape index (κ3) is 5.74. The average Bonchev–Trinajstić information content (AvgIpc) is 2.66. The lowest BCUT2D eigenvalue weighted by atomic mass is 10.1. The lowest BCUT2D eigenvalue weighted by Gasteiger charge is -2.16. The Labute approximate surface area is 149 Å². The van der Waals surface area contributed by atoms with Crippen LogP contribution in [0.4, 0.5) is 5.82 Å².